The minimum absolute atomic E-state index is 0.0333. The highest BCUT2D eigenvalue weighted by atomic mass is 16.5. The van der Waals surface area contributed by atoms with E-state index in [1.807, 2.05) is 0 Å². The first-order valence-corrected chi connectivity index (χ1v) is 6.57. The number of fused-ring (bicyclic) bond motifs is 1. The maximum absolute atomic E-state index is 11.7. The molecule has 0 radical (unpaired) electrons. The zero-order valence-corrected chi connectivity index (χ0v) is 12.1. The summed E-state index contributed by atoms with van der Waals surface area (Å²) >= 11 is 0. The fourth-order valence-corrected chi connectivity index (χ4v) is 2.29. The molecule has 112 valence electrons. The van der Waals surface area contributed by atoms with Gasteiger partial charge in [-0.05, 0) is 30.3 Å². The molecule has 0 spiro atoms. The minimum atomic E-state index is -0.410. The second kappa shape index (κ2) is 5.40. The lowest BCUT2D eigenvalue weighted by Crippen LogP contribution is -2.01. The van der Waals surface area contributed by atoms with Crippen LogP contribution in [0.5, 0.6) is 11.5 Å². The van der Waals surface area contributed by atoms with Gasteiger partial charge in [0.15, 0.2) is 11.5 Å². The van der Waals surface area contributed by atoms with E-state index in [1.54, 1.807) is 47.3 Å². The average Bonchev–Trinajstić information content (AvgIpc) is 2.97. The predicted molar refractivity (Wildman–Crippen MR) is 80.6 cm³/mol. The first-order chi connectivity index (χ1) is 10.6. The Balaban J connectivity index is 2.14. The van der Waals surface area contributed by atoms with Crippen molar-refractivity contribution < 1.29 is 19.4 Å². The number of esters is 1. The molecule has 2 aromatic carbocycles. The molecule has 6 heteroatoms. The molecule has 0 unspecified atom stereocenters. The Bertz CT molecular complexity index is 854. The van der Waals surface area contributed by atoms with Gasteiger partial charge in [0.05, 0.1) is 36.5 Å². The second-order valence-corrected chi connectivity index (χ2v) is 4.67. The standard InChI is InChI=1S/C16H14N2O4/c1-21-15-6-4-11(8-14(15)19)18-9-17-12-5-3-10(7-13(12)18)16(20)22-2/h3-9,19H,1-2H3. The normalized spacial score (nSPS) is 10.6. The summed E-state index contributed by atoms with van der Waals surface area (Å²) in [5.74, 6) is 0.0154. The van der Waals surface area contributed by atoms with Gasteiger partial charge >= 0.3 is 5.97 Å². The topological polar surface area (TPSA) is 73.6 Å². The number of benzene rings is 2. The number of hydrogen-bond donors (Lipinski definition) is 1. The summed E-state index contributed by atoms with van der Waals surface area (Å²) in [6, 6.07) is 10.2. The molecule has 0 atom stereocenters. The molecular weight excluding hydrogens is 284 g/mol. The molecule has 6 nitrogen and oxygen atoms in total. The molecule has 0 aliphatic carbocycles. The Morgan fingerprint density at radius 1 is 1.18 bits per heavy atom. The van der Waals surface area contributed by atoms with Gasteiger partial charge in [0, 0.05) is 6.07 Å². The van der Waals surface area contributed by atoms with E-state index in [9.17, 15) is 9.90 Å². The van der Waals surface area contributed by atoms with Crippen LogP contribution in [0.15, 0.2) is 42.7 Å². The van der Waals surface area contributed by atoms with E-state index in [4.69, 9.17) is 9.47 Å². The largest absolute Gasteiger partial charge is 0.504 e. The number of carbonyl (C=O) groups is 1. The van der Waals surface area contributed by atoms with E-state index in [0.29, 0.717) is 17.0 Å². The van der Waals surface area contributed by atoms with Gasteiger partial charge in [0.2, 0.25) is 0 Å². The highest BCUT2D eigenvalue weighted by Gasteiger charge is 2.11. The number of nitrogens with zero attached hydrogens (tertiary/aromatic N) is 2. The van der Waals surface area contributed by atoms with E-state index in [-0.39, 0.29) is 5.75 Å². The molecule has 3 aromatic rings. The van der Waals surface area contributed by atoms with Gasteiger partial charge in [-0.2, -0.15) is 0 Å². The zero-order chi connectivity index (χ0) is 15.7. The fourth-order valence-electron chi connectivity index (χ4n) is 2.29. The monoisotopic (exact) mass is 298 g/mol. The van der Waals surface area contributed by atoms with Crippen LogP contribution >= 0.6 is 0 Å². The van der Waals surface area contributed by atoms with E-state index < -0.39 is 5.97 Å². The molecule has 0 saturated carbocycles. The summed E-state index contributed by atoms with van der Waals surface area (Å²) in [5.41, 5.74) is 2.63. The SMILES string of the molecule is COC(=O)c1ccc2ncn(-c3ccc(OC)c(O)c3)c2c1. The summed E-state index contributed by atoms with van der Waals surface area (Å²) in [7, 11) is 2.83. The van der Waals surface area contributed by atoms with Gasteiger partial charge < -0.3 is 14.6 Å². The quantitative estimate of drug-likeness (QED) is 0.752. The van der Waals surface area contributed by atoms with Crippen LogP contribution in [0.3, 0.4) is 0 Å². The smallest absolute Gasteiger partial charge is 0.337 e. The van der Waals surface area contributed by atoms with Crippen LogP contribution in [-0.4, -0.2) is 34.8 Å². The molecule has 0 fully saturated rings. The molecule has 1 heterocycles. The maximum atomic E-state index is 11.7. The van der Waals surface area contributed by atoms with Crippen molar-refractivity contribution in [3.8, 4) is 17.2 Å². The van der Waals surface area contributed by atoms with Crippen molar-refractivity contribution in [1.82, 2.24) is 9.55 Å². The summed E-state index contributed by atoms with van der Waals surface area (Å²) < 4.78 is 11.5. The van der Waals surface area contributed by atoms with Crippen molar-refractivity contribution in [2.75, 3.05) is 14.2 Å². The van der Waals surface area contributed by atoms with Gasteiger partial charge in [-0.1, -0.05) is 0 Å². The Morgan fingerprint density at radius 3 is 2.68 bits per heavy atom. The van der Waals surface area contributed by atoms with Crippen LogP contribution in [0.1, 0.15) is 10.4 Å². The molecule has 3 rings (SSSR count). The average molecular weight is 298 g/mol. The molecule has 0 aliphatic heterocycles. The molecule has 0 saturated heterocycles. The summed E-state index contributed by atoms with van der Waals surface area (Å²) in [6.45, 7) is 0. The van der Waals surface area contributed by atoms with E-state index in [1.165, 1.54) is 14.2 Å². The third-order valence-corrected chi connectivity index (χ3v) is 3.41. The van der Waals surface area contributed by atoms with Crippen molar-refractivity contribution in [3.63, 3.8) is 0 Å². The third kappa shape index (κ3) is 2.24. The van der Waals surface area contributed by atoms with E-state index in [2.05, 4.69) is 4.98 Å². The number of ether oxygens (including phenoxy) is 2. The van der Waals surface area contributed by atoms with Crippen LogP contribution in [0.4, 0.5) is 0 Å². The van der Waals surface area contributed by atoms with Crippen molar-refractivity contribution in [1.29, 1.82) is 0 Å². The summed E-state index contributed by atoms with van der Waals surface area (Å²) in [5, 5.41) is 9.91. The molecule has 1 N–H and O–H groups in total. The first kappa shape index (κ1) is 13.9. The van der Waals surface area contributed by atoms with Crippen molar-refractivity contribution in [2.24, 2.45) is 0 Å². The molecule has 0 amide bonds. The Labute approximate surface area is 126 Å². The fraction of sp³-hybridized carbons (Fsp3) is 0.125. The number of imidazole rings is 1. The van der Waals surface area contributed by atoms with Crippen molar-refractivity contribution >= 4 is 17.0 Å². The molecule has 22 heavy (non-hydrogen) atoms. The van der Waals surface area contributed by atoms with Gasteiger partial charge in [-0.25, -0.2) is 9.78 Å². The lowest BCUT2D eigenvalue weighted by Gasteiger charge is -2.08. The lowest BCUT2D eigenvalue weighted by atomic mass is 10.2. The van der Waals surface area contributed by atoms with Crippen LogP contribution < -0.4 is 4.74 Å². The van der Waals surface area contributed by atoms with Gasteiger partial charge in [0.1, 0.15) is 6.33 Å². The highest BCUT2D eigenvalue weighted by molar-refractivity contribution is 5.94. The number of rotatable bonds is 3. The minimum Gasteiger partial charge on any atom is -0.504 e. The summed E-state index contributed by atoms with van der Waals surface area (Å²) in [4.78, 5) is 15.9. The predicted octanol–water partition coefficient (Wildman–Crippen LogP) is 2.53. The van der Waals surface area contributed by atoms with Crippen LogP contribution in [0.2, 0.25) is 0 Å². The molecular formula is C16H14N2O4. The number of methoxy groups -OCH3 is 2. The van der Waals surface area contributed by atoms with Gasteiger partial charge in [0.25, 0.3) is 0 Å². The van der Waals surface area contributed by atoms with Crippen LogP contribution in [-0.2, 0) is 4.74 Å². The Hall–Kier alpha value is -3.02. The Morgan fingerprint density at radius 2 is 2.00 bits per heavy atom. The zero-order valence-electron chi connectivity index (χ0n) is 12.1. The number of aromatic nitrogens is 2. The highest BCUT2D eigenvalue weighted by Crippen LogP contribution is 2.29. The third-order valence-electron chi connectivity index (χ3n) is 3.41. The van der Waals surface area contributed by atoms with Crippen LogP contribution in [0.25, 0.3) is 16.7 Å². The molecule has 1 aromatic heterocycles. The lowest BCUT2D eigenvalue weighted by molar-refractivity contribution is 0.0601. The number of phenols is 1. The number of phenolic OH excluding ortho intramolecular Hbond substituents is 1. The second-order valence-electron chi connectivity index (χ2n) is 4.67. The summed E-state index contributed by atoms with van der Waals surface area (Å²) in [6.07, 6.45) is 1.63. The van der Waals surface area contributed by atoms with Gasteiger partial charge in [-0.15, -0.1) is 0 Å². The number of carbonyl (C=O) groups excluding carboxylic acids is 1. The van der Waals surface area contributed by atoms with E-state index >= 15 is 0 Å². The Kier molecular flexibility index (Phi) is 3.42. The van der Waals surface area contributed by atoms with Crippen molar-refractivity contribution in [2.45, 2.75) is 0 Å². The maximum Gasteiger partial charge on any atom is 0.337 e. The molecule has 0 aliphatic rings. The van der Waals surface area contributed by atoms with Gasteiger partial charge in [-0.3, -0.25) is 4.57 Å². The number of hydrogen-bond acceptors (Lipinski definition) is 5. The number of aromatic hydroxyl groups is 1. The first-order valence-electron chi connectivity index (χ1n) is 6.57. The van der Waals surface area contributed by atoms with Crippen molar-refractivity contribution in [3.05, 3.63) is 48.3 Å². The van der Waals surface area contributed by atoms with Crippen LogP contribution in [0, 0.1) is 0 Å². The molecule has 0 bridgehead atoms. The van der Waals surface area contributed by atoms with E-state index in [0.717, 1.165) is 11.0 Å².